The van der Waals surface area contributed by atoms with Crippen molar-refractivity contribution < 1.29 is 19.4 Å². The lowest BCUT2D eigenvalue weighted by atomic mass is 10.0. The van der Waals surface area contributed by atoms with E-state index in [-0.39, 0.29) is 6.79 Å². The van der Waals surface area contributed by atoms with Crippen LogP contribution in [-0.2, 0) is 14.3 Å². The van der Waals surface area contributed by atoms with Gasteiger partial charge in [0.2, 0.25) is 0 Å². The first-order valence-corrected chi connectivity index (χ1v) is 9.72. The summed E-state index contributed by atoms with van der Waals surface area (Å²) >= 11 is 0. The van der Waals surface area contributed by atoms with Gasteiger partial charge in [-0.3, -0.25) is 0 Å². The molecule has 24 heavy (non-hydrogen) atoms. The van der Waals surface area contributed by atoms with E-state index < -0.39 is 12.1 Å². The molecule has 4 nitrogen and oxygen atoms in total. The van der Waals surface area contributed by atoms with Gasteiger partial charge in [0.15, 0.2) is 6.10 Å². The first-order chi connectivity index (χ1) is 11.7. The van der Waals surface area contributed by atoms with Crippen molar-refractivity contribution in [1.29, 1.82) is 0 Å². The summed E-state index contributed by atoms with van der Waals surface area (Å²) in [4.78, 5) is 10.9. The SMILES string of the molecule is CCCCCCCCCCCCCC/C=C\[C@@H](OCOC)C(=O)O. The second-order valence-corrected chi connectivity index (χ2v) is 6.44. The van der Waals surface area contributed by atoms with Crippen LogP contribution in [0.1, 0.15) is 90.4 Å². The summed E-state index contributed by atoms with van der Waals surface area (Å²) in [5.41, 5.74) is 0. The quantitative estimate of drug-likeness (QED) is 0.197. The fraction of sp³-hybridized carbons (Fsp3) is 0.850. The van der Waals surface area contributed by atoms with E-state index in [1.54, 1.807) is 6.08 Å². The molecule has 0 heterocycles. The highest BCUT2D eigenvalue weighted by molar-refractivity contribution is 5.74. The maximum atomic E-state index is 10.9. The summed E-state index contributed by atoms with van der Waals surface area (Å²) in [7, 11) is 1.48. The Bertz CT molecular complexity index is 302. The van der Waals surface area contributed by atoms with Gasteiger partial charge in [-0.05, 0) is 18.9 Å². The van der Waals surface area contributed by atoms with Gasteiger partial charge in [0, 0.05) is 7.11 Å². The normalized spacial score (nSPS) is 12.8. The van der Waals surface area contributed by atoms with Crippen molar-refractivity contribution in [2.75, 3.05) is 13.9 Å². The van der Waals surface area contributed by atoms with Gasteiger partial charge >= 0.3 is 5.97 Å². The fourth-order valence-corrected chi connectivity index (χ4v) is 2.67. The second kappa shape index (κ2) is 18.5. The summed E-state index contributed by atoms with van der Waals surface area (Å²) in [5.74, 6) is -0.974. The molecule has 0 saturated heterocycles. The molecule has 0 aromatic rings. The van der Waals surface area contributed by atoms with E-state index >= 15 is 0 Å². The molecule has 0 aliphatic carbocycles. The van der Waals surface area contributed by atoms with Crippen LogP contribution >= 0.6 is 0 Å². The van der Waals surface area contributed by atoms with E-state index in [4.69, 9.17) is 14.6 Å². The van der Waals surface area contributed by atoms with Gasteiger partial charge in [0.05, 0.1) is 0 Å². The number of carbonyl (C=O) groups is 1. The zero-order valence-electron chi connectivity index (χ0n) is 15.8. The molecular weight excluding hydrogens is 304 g/mol. The molecule has 1 N–H and O–H groups in total. The Labute approximate surface area is 148 Å². The van der Waals surface area contributed by atoms with Crippen molar-refractivity contribution in [2.45, 2.75) is 96.5 Å². The molecule has 0 saturated carbocycles. The largest absolute Gasteiger partial charge is 0.479 e. The number of hydrogen-bond donors (Lipinski definition) is 1. The lowest BCUT2D eigenvalue weighted by Crippen LogP contribution is -2.22. The summed E-state index contributed by atoms with van der Waals surface area (Å²) < 4.78 is 9.78. The fourth-order valence-electron chi connectivity index (χ4n) is 2.67. The number of unbranched alkanes of at least 4 members (excludes halogenated alkanes) is 12. The molecule has 0 rings (SSSR count). The van der Waals surface area contributed by atoms with Crippen LogP contribution in [0, 0.1) is 0 Å². The number of carboxylic acids is 1. The highest BCUT2D eigenvalue weighted by Crippen LogP contribution is 2.12. The standard InChI is InChI=1S/C20H38O4/c1-3-4-5-6-7-8-9-10-11-12-13-14-15-16-17-19(20(21)22)24-18-23-2/h16-17,19H,3-15,18H2,1-2H3,(H,21,22)/b17-16-/t19-/m1/s1. The number of allylic oxidation sites excluding steroid dienone is 1. The molecule has 0 radical (unpaired) electrons. The third-order valence-electron chi connectivity index (χ3n) is 4.14. The molecule has 1 atom stereocenters. The summed E-state index contributed by atoms with van der Waals surface area (Å²) in [6.45, 7) is 2.26. The Kier molecular flexibility index (Phi) is 17.8. The van der Waals surface area contributed by atoms with Crippen LogP contribution in [0.15, 0.2) is 12.2 Å². The highest BCUT2D eigenvalue weighted by atomic mass is 16.7. The number of aliphatic carboxylic acids is 1. The second-order valence-electron chi connectivity index (χ2n) is 6.44. The molecule has 142 valence electrons. The van der Waals surface area contributed by atoms with Gasteiger partial charge < -0.3 is 14.6 Å². The number of ether oxygens (including phenoxy) is 2. The number of carboxylic acid groups (broad SMARTS) is 1. The van der Waals surface area contributed by atoms with Crippen LogP contribution in [0.3, 0.4) is 0 Å². The number of rotatable bonds is 18. The lowest BCUT2D eigenvalue weighted by Gasteiger charge is -2.08. The van der Waals surface area contributed by atoms with E-state index in [1.807, 2.05) is 6.08 Å². The minimum absolute atomic E-state index is 0.0000887. The van der Waals surface area contributed by atoms with Crippen LogP contribution in [0.4, 0.5) is 0 Å². The van der Waals surface area contributed by atoms with Crippen LogP contribution < -0.4 is 0 Å². The van der Waals surface area contributed by atoms with Crippen molar-refractivity contribution in [2.24, 2.45) is 0 Å². The monoisotopic (exact) mass is 342 g/mol. The Morgan fingerprint density at radius 3 is 1.88 bits per heavy atom. The van der Waals surface area contributed by atoms with E-state index in [9.17, 15) is 4.79 Å². The Morgan fingerprint density at radius 2 is 1.42 bits per heavy atom. The predicted molar refractivity (Wildman–Crippen MR) is 99.2 cm³/mol. The Hall–Kier alpha value is -0.870. The van der Waals surface area contributed by atoms with Crippen molar-refractivity contribution in [1.82, 2.24) is 0 Å². The molecule has 0 bridgehead atoms. The molecule has 0 aromatic heterocycles. The Balaban J connectivity index is 3.37. The van der Waals surface area contributed by atoms with E-state index in [1.165, 1.54) is 77.7 Å². The average Bonchev–Trinajstić information content (AvgIpc) is 2.57. The molecule has 0 aliphatic heterocycles. The van der Waals surface area contributed by atoms with E-state index in [0.717, 1.165) is 12.8 Å². The Morgan fingerprint density at radius 1 is 0.917 bits per heavy atom. The molecule has 0 aromatic carbocycles. The average molecular weight is 343 g/mol. The van der Waals surface area contributed by atoms with Gasteiger partial charge in [0.1, 0.15) is 6.79 Å². The zero-order chi connectivity index (χ0) is 17.9. The highest BCUT2D eigenvalue weighted by Gasteiger charge is 2.13. The maximum absolute atomic E-state index is 10.9. The van der Waals surface area contributed by atoms with Crippen molar-refractivity contribution in [3.05, 3.63) is 12.2 Å². The smallest absolute Gasteiger partial charge is 0.336 e. The molecule has 0 amide bonds. The number of methoxy groups -OCH3 is 1. The molecule has 0 aliphatic rings. The maximum Gasteiger partial charge on any atom is 0.336 e. The third-order valence-corrected chi connectivity index (χ3v) is 4.14. The number of hydrogen-bond acceptors (Lipinski definition) is 3. The first kappa shape index (κ1) is 23.1. The molecule has 4 heteroatoms. The van der Waals surface area contributed by atoms with Crippen LogP contribution in [0.5, 0.6) is 0 Å². The van der Waals surface area contributed by atoms with Crippen molar-refractivity contribution >= 4 is 5.97 Å². The van der Waals surface area contributed by atoms with Gasteiger partial charge in [-0.25, -0.2) is 4.79 Å². The van der Waals surface area contributed by atoms with Crippen molar-refractivity contribution in [3.63, 3.8) is 0 Å². The van der Waals surface area contributed by atoms with Gasteiger partial charge in [0.25, 0.3) is 0 Å². The first-order valence-electron chi connectivity index (χ1n) is 9.72. The van der Waals surface area contributed by atoms with E-state index in [2.05, 4.69) is 6.92 Å². The van der Waals surface area contributed by atoms with Gasteiger partial charge in [-0.1, -0.05) is 83.6 Å². The molecular formula is C20H38O4. The zero-order valence-corrected chi connectivity index (χ0v) is 15.8. The van der Waals surface area contributed by atoms with Crippen LogP contribution in [0.2, 0.25) is 0 Å². The lowest BCUT2D eigenvalue weighted by molar-refractivity contribution is -0.153. The summed E-state index contributed by atoms with van der Waals surface area (Å²) in [5, 5.41) is 8.97. The minimum atomic E-state index is -0.974. The summed E-state index contributed by atoms with van der Waals surface area (Å²) in [6, 6.07) is 0. The minimum Gasteiger partial charge on any atom is -0.479 e. The van der Waals surface area contributed by atoms with E-state index in [0.29, 0.717) is 0 Å². The van der Waals surface area contributed by atoms with Crippen LogP contribution in [-0.4, -0.2) is 31.1 Å². The third kappa shape index (κ3) is 16.0. The van der Waals surface area contributed by atoms with Gasteiger partial charge in [-0.15, -0.1) is 0 Å². The van der Waals surface area contributed by atoms with Crippen molar-refractivity contribution in [3.8, 4) is 0 Å². The molecule has 0 unspecified atom stereocenters. The van der Waals surface area contributed by atoms with Crippen LogP contribution in [0.25, 0.3) is 0 Å². The topological polar surface area (TPSA) is 55.8 Å². The molecule has 0 spiro atoms. The molecule has 0 fully saturated rings. The van der Waals surface area contributed by atoms with Gasteiger partial charge in [-0.2, -0.15) is 0 Å². The summed E-state index contributed by atoms with van der Waals surface area (Å²) in [6.07, 6.45) is 19.5. The predicted octanol–water partition coefficient (Wildman–Crippen LogP) is 5.71.